The van der Waals surface area contributed by atoms with Gasteiger partial charge >= 0.3 is 12.0 Å². The molecule has 0 radical (unpaired) electrons. The van der Waals surface area contributed by atoms with Crippen LogP contribution in [0.3, 0.4) is 0 Å². The third-order valence-electron chi connectivity index (χ3n) is 5.75. The molecule has 0 aromatic heterocycles. The standard InChI is InChI=1S/C22H31N3O4/c1-2-29-21(27)17-8-10-18(11-9-17)24-22(28)25-14-12-19(13-15-25)23-20(26)16-6-4-3-5-7-16/h8-11,16,19H,2-7,12-15H2,1H3,(H,23,26)(H,24,28). The van der Waals surface area contributed by atoms with E-state index in [9.17, 15) is 14.4 Å². The molecule has 158 valence electrons. The number of piperidine rings is 1. The van der Waals surface area contributed by atoms with Gasteiger partial charge in [0.05, 0.1) is 12.2 Å². The molecule has 7 heteroatoms. The molecule has 1 aliphatic heterocycles. The van der Waals surface area contributed by atoms with E-state index in [1.54, 1.807) is 36.1 Å². The van der Waals surface area contributed by atoms with Crippen LogP contribution < -0.4 is 10.6 Å². The van der Waals surface area contributed by atoms with E-state index in [0.29, 0.717) is 30.9 Å². The number of ether oxygens (including phenoxy) is 1. The number of urea groups is 1. The lowest BCUT2D eigenvalue weighted by Crippen LogP contribution is -2.49. The molecule has 1 saturated heterocycles. The number of nitrogens with zero attached hydrogens (tertiary/aromatic N) is 1. The summed E-state index contributed by atoms with van der Waals surface area (Å²) in [6, 6.07) is 6.66. The van der Waals surface area contributed by atoms with E-state index in [-0.39, 0.29) is 29.9 Å². The highest BCUT2D eigenvalue weighted by molar-refractivity contribution is 5.92. The van der Waals surface area contributed by atoms with Gasteiger partial charge in [-0.05, 0) is 56.9 Å². The van der Waals surface area contributed by atoms with Gasteiger partial charge in [-0.2, -0.15) is 0 Å². The van der Waals surface area contributed by atoms with Crippen molar-refractivity contribution < 1.29 is 19.1 Å². The smallest absolute Gasteiger partial charge is 0.338 e. The molecule has 0 unspecified atom stereocenters. The second-order valence-electron chi connectivity index (χ2n) is 7.83. The molecule has 3 amide bonds. The number of carbonyl (C=O) groups excluding carboxylic acids is 3. The summed E-state index contributed by atoms with van der Waals surface area (Å²) >= 11 is 0. The van der Waals surface area contributed by atoms with Gasteiger partial charge in [0.15, 0.2) is 0 Å². The van der Waals surface area contributed by atoms with E-state index >= 15 is 0 Å². The van der Waals surface area contributed by atoms with Crippen LogP contribution >= 0.6 is 0 Å². The molecule has 7 nitrogen and oxygen atoms in total. The van der Waals surface area contributed by atoms with E-state index in [1.165, 1.54) is 6.42 Å². The van der Waals surface area contributed by atoms with Gasteiger partial charge in [-0.15, -0.1) is 0 Å². The third kappa shape index (κ3) is 5.95. The molecule has 2 N–H and O–H groups in total. The SMILES string of the molecule is CCOC(=O)c1ccc(NC(=O)N2CCC(NC(=O)C3CCCCC3)CC2)cc1. The molecule has 1 aromatic rings. The van der Waals surface area contributed by atoms with Gasteiger partial charge in [-0.3, -0.25) is 4.79 Å². The van der Waals surface area contributed by atoms with Crippen LogP contribution in [0.2, 0.25) is 0 Å². The molecule has 0 spiro atoms. The van der Waals surface area contributed by atoms with Crippen molar-refractivity contribution in [1.29, 1.82) is 0 Å². The van der Waals surface area contributed by atoms with Crippen LogP contribution in [0.4, 0.5) is 10.5 Å². The number of hydrogen-bond acceptors (Lipinski definition) is 4. The Balaban J connectivity index is 1.42. The van der Waals surface area contributed by atoms with Crippen LogP contribution in [0.1, 0.15) is 62.2 Å². The number of esters is 1. The first-order chi connectivity index (χ1) is 14.1. The quantitative estimate of drug-likeness (QED) is 0.739. The molecule has 1 aromatic carbocycles. The normalized spacial score (nSPS) is 18.2. The van der Waals surface area contributed by atoms with Gasteiger partial charge in [-0.25, -0.2) is 9.59 Å². The Morgan fingerprint density at radius 3 is 2.28 bits per heavy atom. The van der Waals surface area contributed by atoms with Crippen molar-refractivity contribution in [3.63, 3.8) is 0 Å². The summed E-state index contributed by atoms with van der Waals surface area (Å²) in [5, 5.41) is 6.05. The highest BCUT2D eigenvalue weighted by atomic mass is 16.5. The molecule has 1 saturated carbocycles. The van der Waals surface area contributed by atoms with Crippen molar-refractivity contribution in [2.24, 2.45) is 5.92 Å². The number of anilines is 1. The first-order valence-corrected chi connectivity index (χ1v) is 10.7. The fourth-order valence-corrected chi connectivity index (χ4v) is 4.02. The Bertz CT molecular complexity index is 705. The summed E-state index contributed by atoms with van der Waals surface area (Å²) in [7, 11) is 0. The predicted molar refractivity (Wildman–Crippen MR) is 111 cm³/mol. The maximum absolute atomic E-state index is 12.5. The number of rotatable bonds is 5. The first-order valence-electron chi connectivity index (χ1n) is 10.7. The maximum atomic E-state index is 12.5. The largest absolute Gasteiger partial charge is 0.462 e. The number of nitrogens with one attached hydrogen (secondary N) is 2. The van der Waals surface area contributed by atoms with Crippen LogP contribution in [0.15, 0.2) is 24.3 Å². The molecule has 0 atom stereocenters. The minimum atomic E-state index is -0.372. The molecule has 29 heavy (non-hydrogen) atoms. The minimum absolute atomic E-state index is 0.150. The molecule has 2 fully saturated rings. The lowest BCUT2D eigenvalue weighted by atomic mass is 9.88. The Labute approximate surface area is 172 Å². The highest BCUT2D eigenvalue weighted by Crippen LogP contribution is 2.24. The summed E-state index contributed by atoms with van der Waals surface area (Å²) in [6.45, 7) is 3.32. The van der Waals surface area contributed by atoms with Crippen LogP contribution in [0.5, 0.6) is 0 Å². The van der Waals surface area contributed by atoms with E-state index < -0.39 is 0 Å². The van der Waals surface area contributed by atoms with Gasteiger partial charge in [-0.1, -0.05) is 19.3 Å². The van der Waals surface area contributed by atoms with Gasteiger partial charge in [0, 0.05) is 30.7 Å². The number of hydrogen-bond donors (Lipinski definition) is 2. The number of benzene rings is 1. The molecular weight excluding hydrogens is 370 g/mol. The van der Waals surface area contributed by atoms with Crippen LogP contribution in [0, 0.1) is 5.92 Å². The van der Waals surface area contributed by atoms with Gasteiger partial charge in [0.1, 0.15) is 0 Å². The monoisotopic (exact) mass is 401 g/mol. The fourth-order valence-electron chi connectivity index (χ4n) is 4.02. The Morgan fingerprint density at radius 2 is 1.66 bits per heavy atom. The lowest BCUT2D eigenvalue weighted by molar-refractivity contribution is -0.126. The van der Waals surface area contributed by atoms with Gasteiger partial charge in [0.2, 0.25) is 5.91 Å². The van der Waals surface area contributed by atoms with Crippen LogP contribution in [-0.2, 0) is 9.53 Å². The van der Waals surface area contributed by atoms with E-state index in [0.717, 1.165) is 38.5 Å². The van der Waals surface area contributed by atoms with Crippen LogP contribution in [0.25, 0.3) is 0 Å². The Hall–Kier alpha value is -2.57. The summed E-state index contributed by atoms with van der Waals surface area (Å²) in [6.07, 6.45) is 7.09. The zero-order valence-corrected chi connectivity index (χ0v) is 17.1. The zero-order valence-electron chi connectivity index (χ0n) is 17.1. The second kappa shape index (κ2) is 10.3. The molecule has 2 aliphatic rings. The topological polar surface area (TPSA) is 87.7 Å². The molecule has 0 bridgehead atoms. The Kier molecular flexibility index (Phi) is 7.49. The summed E-state index contributed by atoms with van der Waals surface area (Å²) in [5.41, 5.74) is 1.09. The number of carbonyl (C=O) groups is 3. The number of amides is 3. The average Bonchev–Trinajstić information content (AvgIpc) is 2.75. The van der Waals surface area contributed by atoms with Gasteiger partial charge < -0.3 is 20.3 Å². The highest BCUT2D eigenvalue weighted by Gasteiger charge is 2.27. The van der Waals surface area contributed by atoms with E-state index in [2.05, 4.69) is 10.6 Å². The van der Waals surface area contributed by atoms with Crippen molar-refractivity contribution in [1.82, 2.24) is 10.2 Å². The maximum Gasteiger partial charge on any atom is 0.338 e. The van der Waals surface area contributed by atoms with Crippen molar-refractivity contribution >= 4 is 23.6 Å². The minimum Gasteiger partial charge on any atom is -0.462 e. The third-order valence-corrected chi connectivity index (χ3v) is 5.75. The van der Waals surface area contributed by atoms with Crippen molar-refractivity contribution in [2.75, 3.05) is 25.0 Å². The zero-order chi connectivity index (χ0) is 20.6. The fraction of sp³-hybridized carbons (Fsp3) is 0.591. The summed E-state index contributed by atoms with van der Waals surface area (Å²) < 4.78 is 4.96. The molecule has 1 aliphatic carbocycles. The lowest BCUT2D eigenvalue weighted by Gasteiger charge is -2.33. The summed E-state index contributed by atoms with van der Waals surface area (Å²) in [4.78, 5) is 38.4. The van der Waals surface area contributed by atoms with Crippen molar-refractivity contribution in [3.8, 4) is 0 Å². The van der Waals surface area contributed by atoms with Crippen LogP contribution in [-0.4, -0.2) is 48.5 Å². The average molecular weight is 402 g/mol. The predicted octanol–water partition coefficient (Wildman–Crippen LogP) is 3.56. The Morgan fingerprint density at radius 1 is 1.00 bits per heavy atom. The number of likely N-dealkylation sites (tertiary alicyclic amines) is 1. The summed E-state index contributed by atoms with van der Waals surface area (Å²) in [5.74, 6) is -0.0142. The first kappa shape index (κ1) is 21.1. The van der Waals surface area contributed by atoms with Gasteiger partial charge in [0.25, 0.3) is 0 Å². The molecule has 1 heterocycles. The van der Waals surface area contributed by atoms with Crippen molar-refractivity contribution in [3.05, 3.63) is 29.8 Å². The second-order valence-corrected chi connectivity index (χ2v) is 7.83. The van der Waals surface area contributed by atoms with Crippen molar-refractivity contribution in [2.45, 2.75) is 57.9 Å². The molecule has 3 rings (SSSR count). The molecular formula is C22H31N3O4. The van der Waals surface area contributed by atoms with E-state index in [1.807, 2.05) is 0 Å². The van der Waals surface area contributed by atoms with E-state index in [4.69, 9.17) is 4.74 Å².